The van der Waals surface area contributed by atoms with Crippen LogP contribution in [-0.4, -0.2) is 35.0 Å². The molecule has 0 saturated carbocycles. The molecule has 0 aliphatic rings. The second kappa shape index (κ2) is 22.0. The molecule has 0 radical (unpaired) electrons. The number of unbranched alkanes of at least 4 members (excludes halogenated alkanes) is 10. The molecule has 0 saturated heterocycles. The lowest BCUT2D eigenvalue weighted by molar-refractivity contribution is -0.137. The van der Waals surface area contributed by atoms with Gasteiger partial charge in [0.05, 0.1) is 0 Å². The van der Waals surface area contributed by atoms with Crippen LogP contribution in [0.1, 0.15) is 118 Å². The maximum atomic E-state index is 11.1. The predicted molar refractivity (Wildman–Crippen MR) is 112 cm³/mol. The van der Waals surface area contributed by atoms with Crippen molar-refractivity contribution in [2.24, 2.45) is 0 Å². The van der Waals surface area contributed by atoms with Crippen molar-refractivity contribution in [3.05, 3.63) is 0 Å². The number of carbonyl (C=O) groups is 2. The van der Waals surface area contributed by atoms with E-state index in [9.17, 15) is 9.59 Å². The van der Waals surface area contributed by atoms with E-state index in [4.69, 9.17) is 5.11 Å². The summed E-state index contributed by atoms with van der Waals surface area (Å²) in [6, 6.07) is 0. The zero-order valence-electron chi connectivity index (χ0n) is 18.0. The van der Waals surface area contributed by atoms with Crippen molar-refractivity contribution in [3.63, 3.8) is 0 Å². The number of nitrogens with zero attached hydrogens (tertiary/aromatic N) is 1. The van der Waals surface area contributed by atoms with Crippen LogP contribution in [-0.2, 0) is 9.59 Å². The molecule has 0 aliphatic carbocycles. The van der Waals surface area contributed by atoms with Gasteiger partial charge in [0.15, 0.2) is 0 Å². The Hall–Kier alpha value is -1.06. The van der Waals surface area contributed by atoms with Crippen molar-refractivity contribution in [2.75, 3.05) is 13.1 Å². The Balaban J connectivity index is 0. The number of rotatable bonds is 16. The van der Waals surface area contributed by atoms with E-state index in [-0.39, 0.29) is 5.91 Å². The Kier molecular flexibility index (Phi) is 23.0. The van der Waals surface area contributed by atoms with Gasteiger partial charge < -0.3 is 10.0 Å². The first-order chi connectivity index (χ1) is 12.5. The molecule has 0 heterocycles. The van der Waals surface area contributed by atoms with Crippen LogP contribution in [0.4, 0.5) is 0 Å². The lowest BCUT2D eigenvalue weighted by Crippen LogP contribution is -2.30. The summed E-state index contributed by atoms with van der Waals surface area (Å²) in [6.45, 7) is 10.1. The summed E-state index contributed by atoms with van der Waals surface area (Å²) in [7, 11) is 0. The average Bonchev–Trinajstić information content (AvgIpc) is 2.60. The smallest absolute Gasteiger partial charge is 0.303 e. The summed E-state index contributed by atoms with van der Waals surface area (Å²) < 4.78 is 0. The van der Waals surface area contributed by atoms with E-state index in [1.54, 1.807) is 6.92 Å². The van der Waals surface area contributed by atoms with Crippen LogP contribution in [0, 0.1) is 0 Å². The van der Waals surface area contributed by atoms with Gasteiger partial charge in [-0.25, -0.2) is 0 Å². The highest BCUT2D eigenvalue weighted by Crippen LogP contribution is 2.10. The third-order valence-corrected chi connectivity index (χ3v) is 4.50. The number of amides is 1. The maximum absolute atomic E-state index is 11.1. The summed E-state index contributed by atoms with van der Waals surface area (Å²) in [6.07, 6.45) is 16.1. The van der Waals surface area contributed by atoms with Gasteiger partial charge in [-0.2, -0.15) is 0 Å². The number of carbonyl (C=O) groups excluding carboxylic acids is 1. The zero-order chi connectivity index (χ0) is 20.0. The van der Waals surface area contributed by atoms with E-state index in [2.05, 4.69) is 20.8 Å². The largest absolute Gasteiger partial charge is 0.481 e. The highest BCUT2D eigenvalue weighted by Gasteiger charge is 2.05. The van der Waals surface area contributed by atoms with Crippen molar-refractivity contribution < 1.29 is 14.7 Å². The van der Waals surface area contributed by atoms with E-state index in [0.717, 1.165) is 51.6 Å². The van der Waals surface area contributed by atoms with E-state index in [1.165, 1.54) is 44.9 Å². The molecule has 0 aliphatic heterocycles. The molecule has 0 aromatic rings. The molecule has 0 aromatic carbocycles. The lowest BCUT2D eigenvalue weighted by Gasteiger charge is -2.20. The summed E-state index contributed by atoms with van der Waals surface area (Å²) in [5.74, 6) is -0.440. The molecular formula is C22H45NO3. The summed E-state index contributed by atoms with van der Waals surface area (Å²) in [5, 5.41) is 8.41. The molecule has 0 spiro atoms. The topological polar surface area (TPSA) is 57.6 Å². The Morgan fingerprint density at radius 2 is 1.04 bits per heavy atom. The molecule has 0 unspecified atom stereocenters. The number of hydrogen-bond donors (Lipinski definition) is 1. The van der Waals surface area contributed by atoms with Crippen molar-refractivity contribution in [2.45, 2.75) is 118 Å². The minimum absolute atomic E-state index is 0.219. The minimum atomic E-state index is -0.659. The molecule has 0 fully saturated rings. The molecule has 4 heteroatoms. The Bertz CT molecular complexity index is 311. The van der Waals surface area contributed by atoms with E-state index >= 15 is 0 Å². The molecule has 0 rings (SSSR count). The zero-order valence-corrected chi connectivity index (χ0v) is 18.0. The Morgan fingerprint density at radius 1 is 0.654 bits per heavy atom. The van der Waals surface area contributed by atoms with Crippen molar-refractivity contribution in [3.8, 4) is 0 Å². The van der Waals surface area contributed by atoms with Crippen LogP contribution in [0.3, 0.4) is 0 Å². The van der Waals surface area contributed by atoms with E-state index < -0.39 is 5.97 Å². The second-order valence-electron chi connectivity index (χ2n) is 7.19. The SMILES string of the molecule is CCCCCCCCCCCC(=O)O.CCCCN(CCCC)C(C)=O. The van der Waals surface area contributed by atoms with E-state index in [0.29, 0.717) is 6.42 Å². The molecule has 1 amide bonds. The van der Waals surface area contributed by atoms with Gasteiger partial charge in [0, 0.05) is 26.4 Å². The fourth-order valence-corrected chi connectivity index (χ4v) is 2.71. The standard InChI is InChI=1S/C12H24O2.C10H21NO/c1-2-3-4-5-6-7-8-9-10-11-12(13)14;1-4-6-8-11(10(3)12)9-7-5-2/h2-11H2,1H3,(H,13,14);4-9H2,1-3H3. The predicted octanol–water partition coefficient (Wildman–Crippen LogP) is 6.43. The maximum Gasteiger partial charge on any atom is 0.303 e. The van der Waals surface area contributed by atoms with Gasteiger partial charge in [-0.05, 0) is 19.3 Å². The molecular weight excluding hydrogens is 326 g/mol. The number of carboxylic acid groups (broad SMARTS) is 1. The normalized spacial score (nSPS) is 10.2. The monoisotopic (exact) mass is 371 g/mol. The Labute approximate surface area is 162 Å². The van der Waals surface area contributed by atoms with Gasteiger partial charge in [0.1, 0.15) is 0 Å². The highest BCUT2D eigenvalue weighted by molar-refractivity contribution is 5.73. The molecule has 26 heavy (non-hydrogen) atoms. The fourth-order valence-electron chi connectivity index (χ4n) is 2.71. The second-order valence-corrected chi connectivity index (χ2v) is 7.19. The van der Waals surface area contributed by atoms with Crippen LogP contribution < -0.4 is 0 Å². The molecule has 0 bridgehead atoms. The molecule has 0 aromatic heterocycles. The van der Waals surface area contributed by atoms with E-state index in [1.807, 2.05) is 4.90 Å². The summed E-state index contributed by atoms with van der Waals surface area (Å²) >= 11 is 0. The highest BCUT2D eigenvalue weighted by atomic mass is 16.4. The van der Waals surface area contributed by atoms with Crippen LogP contribution in [0.25, 0.3) is 0 Å². The van der Waals surface area contributed by atoms with Gasteiger partial charge in [0.25, 0.3) is 0 Å². The minimum Gasteiger partial charge on any atom is -0.481 e. The van der Waals surface area contributed by atoms with Crippen LogP contribution in [0.15, 0.2) is 0 Å². The van der Waals surface area contributed by atoms with Crippen LogP contribution in [0.2, 0.25) is 0 Å². The van der Waals surface area contributed by atoms with Gasteiger partial charge in [-0.1, -0.05) is 85.0 Å². The fraction of sp³-hybridized carbons (Fsp3) is 0.909. The first kappa shape index (κ1) is 27.2. The van der Waals surface area contributed by atoms with Gasteiger partial charge in [-0.15, -0.1) is 0 Å². The third-order valence-electron chi connectivity index (χ3n) is 4.50. The molecule has 156 valence electrons. The van der Waals surface area contributed by atoms with Gasteiger partial charge in [-0.3, -0.25) is 9.59 Å². The van der Waals surface area contributed by atoms with Crippen LogP contribution >= 0.6 is 0 Å². The first-order valence-corrected chi connectivity index (χ1v) is 11.0. The Morgan fingerprint density at radius 3 is 1.38 bits per heavy atom. The average molecular weight is 372 g/mol. The molecule has 4 nitrogen and oxygen atoms in total. The summed E-state index contributed by atoms with van der Waals surface area (Å²) in [4.78, 5) is 23.2. The first-order valence-electron chi connectivity index (χ1n) is 11.0. The van der Waals surface area contributed by atoms with Crippen molar-refractivity contribution >= 4 is 11.9 Å². The molecule has 1 N–H and O–H groups in total. The van der Waals surface area contributed by atoms with Crippen molar-refractivity contribution in [1.29, 1.82) is 0 Å². The third kappa shape index (κ3) is 22.9. The lowest BCUT2D eigenvalue weighted by atomic mass is 10.1. The quantitative estimate of drug-likeness (QED) is 0.318. The number of aliphatic carboxylic acids is 1. The number of hydrogen-bond acceptors (Lipinski definition) is 2. The van der Waals surface area contributed by atoms with Crippen LogP contribution in [0.5, 0.6) is 0 Å². The summed E-state index contributed by atoms with van der Waals surface area (Å²) in [5.41, 5.74) is 0. The number of carboxylic acids is 1. The molecule has 0 atom stereocenters. The van der Waals surface area contributed by atoms with Crippen molar-refractivity contribution in [1.82, 2.24) is 4.90 Å². The van der Waals surface area contributed by atoms with Gasteiger partial charge >= 0.3 is 5.97 Å². The van der Waals surface area contributed by atoms with Gasteiger partial charge in [0.2, 0.25) is 5.91 Å².